The van der Waals surface area contributed by atoms with Crippen molar-refractivity contribution in [1.82, 2.24) is 4.90 Å². The van der Waals surface area contributed by atoms with Gasteiger partial charge in [-0.05, 0) is 32.8 Å². The number of amides is 1. The van der Waals surface area contributed by atoms with Crippen molar-refractivity contribution in [3.05, 3.63) is 35.9 Å². The minimum absolute atomic E-state index is 0.0204. The molecule has 1 fully saturated rings. The Morgan fingerprint density at radius 1 is 1.31 bits per heavy atom. The molecule has 16 heavy (non-hydrogen) atoms. The van der Waals surface area contributed by atoms with E-state index in [9.17, 15) is 4.79 Å². The highest BCUT2D eigenvalue weighted by atomic mass is 16.2. The topological polar surface area (TPSA) is 20.3 Å². The molecule has 1 saturated heterocycles. The second kappa shape index (κ2) is 3.93. The Kier molecular flexibility index (Phi) is 2.75. The van der Waals surface area contributed by atoms with E-state index in [1.54, 1.807) is 0 Å². The SMILES string of the molecule is CC(C)N1C(=O)CC1(C)Cc1ccccc1. The summed E-state index contributed by atoms with van der Waals surface area (Å²) in [6, 6.07) is 10.7. The van der Waals surface area contributed by atoms with Crippen molar-refractivity contribution >= 4 is 5.91 Å². The first kappa shape index (κ1) is 11.2. The van der Waals surface area contributed by atoms with Crippen LogP contribution in [0.25, 0.3) is 0 Å². The normalized spacial score (nSPS) is 24.8. The molecular formula is C14H19NO. The smallest absolute Gasteiger partial charge is 0.225 e. The van der Waals surface area contributed by atoms with Gasteiger partial charge in [0.2, 0.25) is 5.91 Å². The first-order valence-electron chi connectivity index (χ1n) is 5.89. The Morgan fingerprint density at radius 2 is 1.94 bits per heavy atom. The summed E-state index contributed by atoms with van der Waals surface area (Å²) in [6.45, 7) is 6.35. The van der Waals surface area contributed by atoms with E-state index in [2.05, 4.69) is 45.0 Å². The van der Waals surface area contributed by atoms with Crippen LogP contribution in [0.4, 0.5) is 0 Å². The zero-order valence-corrected chi connectivity index (χ0v) is 10.2. The standard InChI is InChI=1S/C14H19NO/c1-11(2)15-13(16)10-14(15,3)9-12-7-5-4-6-8-12/h4-8,11H,9-10H2,1-3H3. The molecule has 86 valence electrons. The number of carbonyl (C=O) groups excluding carboxylic acids is 1. The van der Waals surface area contributed by atoms with Crippen molar-refractivity contribution in [1.29, 1.82) is 0 Å². The predicted octanol–water partition coefficient (Wildman–Crippen LogP) is 2.63. The van der Waals surface area contributed by atoms with E-state index >= 15 is 0 Å². The molecule has 1 aromatic carbocycles. The van der Waals surface area contributed by atoms with Gasteiger partial charge in [-0.2, -0.15) is 0 Å². The number of carbonyl (C=O) groups is 1. The highest BCUT2D eigenvalue weighted by Crippen LogP contribution is 2.36. The molecule has 0 spiro atoms. The molecule has 1 aliphatic rings. The van der Waals surface area contributed by atoms with Crippen LogP contribution in [0.1, 0.15) is 32.8 Å². The summed E-state index contributed by atoms with van der Waals surface area (Å²) < 4.78 is 0. The Balaban J connectivity index is 2.13. The lowest BCUT2D eigenvalue weighted by molar-refractivity contribution is -0.158. The maximum Gasteiger partial charge on any atom is 0.225 e. The number of hydrogen-bond donors (Lipinski definition) is 0. The molecule has 0 aliphatic carbocycles. The van der Waals surface area contributed by atoms with E-state index in [0.29, 0.717) is 12.5 Å². The second-order valence-electron chi connectivity index (χ2n) is 5.19. The van der Waals surface area contributed by atoms with Gasteiger partial charge in [-0.3, -0.25) is 4.79 Å². The van der Waals surface area contributed by atoms with Crippen LogP contribution in [0, 0.1) is 0 Å². The average molecular weight is 217 g/mol. The molecule has 1 aliphatic heterocycles. The molecule has 2 rings (SSSR count). The fourth-order valence-electron chi connectivity index (χ4n) is 2.80. The van der Waals surface area contributed by atoms with E-state index < -0.39 is 0 Å². The lowest BCUT2D eigenvalue weighted by Gasteiger charge is -2.52. The fourth-order valence-corrected chi connectivity index (χ4v) is 2.80. The van der Waals surface area contributed by atoms with Gasteiger partial charge >= 0.3 is 0 Å². The lowest BCUT2D eigenvalue weighted by atomic mass is 9.79. The summed E-state index contributed by atoms with van der Waals surface area (Å²) >= 11 is 0. The van der Waals surface area contributed by atoms with Gasteiger partial charge in [0.1, 0.15) is 0 Å². The summed E-state index contributed by atoms with van der Waals surface area (Å²) in [7, 11) is 0. The fraction of sp³-hybridized carbons (Fsp3) is 0.500. The highest BCUT2D eigenvalue weighted by molar-refractivity contribution is 5.85. The Labute approximate surface area is 97.3 Å². The first-order chi connectivity index (χ1) is 7.53. The molecule has 0 aromatic heterocycles. The molecule has 0 bridgehead atoms. The number of likely N-dealkylation sites (tertiary alicyclic amines) is 1. The van der Waals surface area contributed by atoms with Gasteiger partial charge in [-0.1, -0.05) is 30.3 Å². The van der Waals surface area contributed by atoms with Gasteiger partial charge in [0.15, 0.2) is 0 Å². The van der Waals surface area contributed by atoms with Crippen molar-refractivity contribution < 1.29 is 4.79 Å². The van der Waals surface area contributed by atoms with Crippen LogP contribution in [0.15, 0.2) is 30.3 Å². The summed E-state index contributed by atoms with van der Waals surface area (Å²) in [5.41, 5.74) is 1.33. The largest absolute Gasteiger partial charge is 0.334 e. The number of β-lactam (4-membered cyclic amide) rings is 1. The summed E-state index contributed by atoms with van der Waals surface area (Å²) in [4.78, 5) is 13.6. The third kappa shape index (κ3) is 1.84. The molecule has 0 saturated carbocycles. The number of rotatable bonds is 3. The lowest BCUT2D eigenvalue weighted by Crippen LogP contribution is -2.65. The molecule has 2 nitrogen and oxygen atoms in total. The van der Waals surface area contributed by atoms with Crippen molar-refractivity contribution in [2.24, 2.45) is 0 Å². The quantitative estimate of drug-likeness (QED) is 0.713. The first-order valence-corrected chi connectivity index (χ1v) is 5.89. The zero-order chi connectivity index (χ0) is 11.8. The maximum absolute atomic E-state index is 11.6. The van der Waals surface area contributed by atoms with E-state index in [4.69, 9.17) is 0 Å². The Bertz CT molecular complexity index is 385. The van der Waals surface area contributed by atoms with E-state index in [-0.39, 0.29) is 11.4 Å². The van der Waals surface area contributed by atoms with Crippen LogP contribution >= 0.6 is 0 Å². The third-order valence-electron chi connectivity index (χ3n) is 3.33. The molecular weight excluding hydrogens is 198 g/mol. The zero-order valence-electron chi connectivity index (χ0n) is 10.2. The molecule has 2 heteroatoms. The average Bonchev–Trinajstić information content (AvgIpc) is 2.16. The molecule has 1 heterocycles. The summed E-state index contributed by atoms with van der Waals surface area (Å²) in [5, 5.41) is 0. The van der Waals surface area contributed by atoms with Gasteiger partial charge < -0.3 is 4.90 Å². The Morgan fingerprint density at radius 3 is 2.44 bits per heavy atom. The van der Waals surface area contributed by atoms with Crippen LogP contribution < -0.4 is 0 Å². The third-order valence-corrected chi connectivity index (χ3v) is 3.33. The second-order valence-corrected chi connectivity index (χ2v) is 5.19. The van der Waals surface area contributed by atoms with Gasteiger partial charge in [0.25, 0.3) is 0 Å². The van der Waals surface area contributed by atoms with Crippen LogP contribution in [0.3, 0.4) is 0 Å². The van der Waals surface area contributed by atoms with Crippen LogP contribution in [-0.2, 0) is 11.2 Å². The van der Waals surface area contributed by atoms with Gasteiger partial charge in [-0.25, -0.2) is 0 Å². The Hall–Kier alpha value is -1.31. The van der Waals surface area contributed by atoms with Crippen molar-refractivity contribution in [2.75, 3.05) is 0 Å². The monoisotopic (exact) mass is 217 g/mol. The maximum atomic E-state index is 11.6. The minimum atomic E-state index is 0.0204. The van der Waals surface area contributed by atoms with Crippen LogP contribution in [0.5, 0.6) is 0 Å². The predicted molar refractivity (Wildman–Crippen MR) is 65.2 cm³/mol. The molecule has 0 radical (unpaired) electrons. The van der Waals surface area contributed by atoms with Gasteiger partial charge in [0, 0.05) is 6.04 Å². The van der Waals surface area contributed by atoms with Crippen molar-refractivity contribution in [3.8, 4) is 0 Å². The molecule has 1 atom stereocenters. The molecule has 1 unspecified atom stereocenters. The molecule has 1 aromatic rings. The van der Waals surface area contributed by atoms with Crippen molar-refractivity contribution in [3.63, 3.8) is 0 Å². The van der Waals surface area contributed by atoms with Gasteiger partial charge in [-0.15, -0.1) is 0 Å². The van der Waals surface area contributed by atoms with Gasteiger partial charge in [0.05, 0.1) is 12.0 Å². The molecule has 0 N–H and O–H groups in total. The summed E-state index contributed by atoms with van der Waals surface area (Å²) in [6.07, 6.45) is 1.64. The van der Waals surface area contributed by atoms with Crippen molar-refractivity contribution in [2.45, 2.75) is 45.2 Å². The highest BCUT2D eigenvalue weighted by Gasteiger charge is 2.47. The number of nitrogens with zero attached hydrogens (tertiary/aromatic N) is 1. The number of hydrogen-bond acceptors (Lipinski definition) is 1. The summed E-state index contributed by atoms with van der Waals surface area (Å²) in [5.74, 6) is 0.286. The number of benzene rings is 1. The van der Waals surface area contributed by atoms with E-state index in [1.165, 1.54) is 5.56 Å². The van der Waals surface area contributed by atoms with Crippen LogP contribution in [0.2, 0.25) is 0 Å². The van der Waals surface area contributed by atoms with E-state index in [1.807, 2.05) is 11.0 Å². The van der Waals surface area contributed by atoms with E-state index in [0.717, 1.165) is 6.42 Å². The molecule has 1 amide bonds. The minimum Gasteiger partial charge on any atom is -0.334 e. The van der Waals surface area contributed by atoms with Crippen LogP contribution in [-0.4, -0.2) is 22.4 Å².